The predicted molar refractivity (Wildman–Crippen MR) is 74.2 cm³/mol. The monoisotopic (exact) mass is 274 g/mol. The van der Waals surface area contributed by atoms with Crippen LogP contribution in [0.3, 0.4) is 0 Å². The molecule has 0 amide bonds. The maximum Gasteiger partial charge on any atom is 0.238 e. The molecule has 5 heteroatoms. The van der Waals surface area contributed by atoms with Crippen LogP contribution in [0.4, 0.5) is 0 Å². The number of carbonyl (C=O) groups is 1. The van der Waals surface area contributed by atoms with Crippen LogP contribution in [-0.4, -0.2) is 27.4 Å². The standard InChI is InChI=1S/C14H14N2O2S/c1-2-9-3-5-10(6-4-9)13-15-14(18-16-13)11-7-19-8-12(11)17/h3-6,11H,2,7-8H2,1H3. The summed E-state index contributed by atoms with van der Waals surface area (Å²) in [6.07, 6.45) is 1.01. The molecule has 0 N–H and O–H groups in total. The number of hydrogen-bond donors (Lipinski definition) is 0. The molecule has 0 aliphatic carbocycles. The number of Topliss-reactive ketones (excluding diaryl/α,β-unsaturated/α-hetero) is 1. The van der Waals surface area contributed by atoms with E-state index in [-0.39, 0.29) is 11.7 Å². The molecule has 0 saturated carbocycles. The molecule has 4 nitrogen and oxygen atoms in total. The average molecular weight is 274 g/mol. The number of benzene rings is 1. The summed E-state index contributed by atoms with van der Waals surface area (Å²) >= 11 is 1.62. The Morgan fingerprint density at radius 3 is 2.79 bits per heavy atom. The summed E-state index contributed by atoms with van der Waals surface area (Å²) in [5, 5.41) is 3.97. The van der Waals surface area contributed by atoms with Crippen molar-refractivity contribution < 1.29 is 9.32 Å². The van der Waals surface area contributed by atoms with E-state index < -0.39 is 0 Å². The summed E-state index contributed by atoms with van der Waals surface area (Å²) in [4.78, 5) is 16.0. The first kappa shape index (κ1) is 12.4. The first-order chi connectivity index (χ1) is 9.28. The van der Waals surface area contributed by atoms with Gasteiger partial charge in [0.2, 0.25) is 11.7 Å². The maximum absolute atomic E-state index is 11.7. The van der Waals surface area contributed by atoms with E-state index in [4.69, 9.17) is 4.52 Å². The highest BCUT2D eigenvalue weighted by atomic mass is 32.2. The van der Waals surface area contributed by atoms with Gasteiger partial charge in [0.1, 0.15) is 5.92 Å². The van der Waals surface area contributed by atoms with Crippen molar-refractivity contribution in [3.05, 3.63) is 35.7 Å². The Labute approximate surface area is 115 Å². The van der Waals surface area contributed by atoms with Gasteiger partial charge in [-0.1, -0.05) is 36.3 Å². The van der Waals surface area contributed by atoms with E-state index in [0.717, 1.165) is 17.7 Å². The van der Waals surface area contributed by atoms with Crippen LogP contribution in [0.2, 0.25) is 0 Å². The second kappa shape index (κ2) is 5.17. The van der Waals surface area contributed by atoms with Crippen molar-refractivity contribution in [1.29, 1.82) is 0 Å². The van der Waals surface area contributed by atoms with E-state index in [9.17, 15) is 4.79 Å². The minimum Gasteiger partial charge on any atom is -0.338 e. The SMILES string of the molecule is CCc1ccc(-c2noc(C3CSCC3=O)n2)cc1. The first-order valence-corrected chi connectivity index (χ1v) is 7.46. The van der Waals surface area contributed by atoms with Crippen LogP contribution < -0.4 is 0 Å². The zero-order chi connectivity index (χ0) is 13.2. The Morgan fingerprint density at radius 1 is 1.37 bits per heavy atom. The van der Waals surface area contributed by atoms with Gasteiger partial charge in [-0.25, -0.2) is 0 Å². The molecular weight excluding hydrogens is 260 g/mol. The van der Waals surface area contributed by atoms with Crippen LogP contribution in [0.15, 0.2) is 28.8 Å². The van der Waals surface area contributed by atoms with Gasteiger partial charge < -0.3 is 4.52 Å². The lowest BCUT2D eigenvalue weighted by atomic mass is 10.1. The lowest BCUT2D eigenvalue weighted by Crippen LogP contribution is -2.09. The van der Waals surface area contributed by atoms with Crippen LogP contribution in [0, 0.1) is 0 Å². The van der Waals surface area contributed by atoms with Crippen LogP contribution >= 0.6 is 11.8 Å². The maximum atomic E-state index is 11.7. The molecule has 3 rings (SSSR count). The average Bonchev–Trinajstić information content (AvgIpc) is 3.07. The van der Waals surface area contributed by atoms with Crippen molar-refractivity contribution >= 4 is 17.5 Å². The van der Waals surface area contributed by atoms with Crippen molar-refractivity contribution in [2.45, 2.75) is 19.3 Å². The van der Waals surface area contributed by atoms with E-state index in [2.05, 4.69) is 29.2 Å². The molecule has 0 spiro atoms. The lowest BCUT2D eigenvalue weighted by molar-refractivity contribution is -0.117. The van der Waals surface area contributed by atoms with Crippen molar-refractivity contribution in [1.82, 2.24) is 10.1 Å². The molecule has 1 aromatic heterocycles. The molecule has 0 radical (unpaired) electrons. The van der Waals surface area contributed by atoms with Gasteiger partial charge in [-0.15, -0.1) is 0 Å². The lowest BCUT2D eigenvalue weighted by Gasteiger charge is -1.98. The fraction of sp³-hybridized carbons (Fsp3) is 0.357. The molecule has 1 aromatic carbocycles. The molecule has 19 heavy (non-hydrogen) atoms. The number of carbonyl (C=O) groups excluding carboxylic acids is 1. The van der Waals surface area contributed by atoms with Gasteiger partial charge in [-0.3, -0.25) is 4.79 Å². The molecule has 2 heterocycles. The third-order valence-corrected chi connectivity index (χ3v) is 4.34. The number of aromatic nitrogens is 2. The summed E-state index contributed by atoms with van der Waals surface area (Å²) in [6.45, 7) is 2.12. The quantitative estimate of drug-likeness (QED) is 0.861. The molecular formula is C14H14N2O2S. The smallest absolute Gasteiger partial charge is 0.238 e. The highest BCUT2D eigenvalue weighted by molar-refractivity contribution is 8.00. The Morgan fingerprint density at radius 2 is 2.16 bits per heavy atom. The molecule has 1 aliphatic heterocycles. The van der Waals surface area contributed by atoms with Gasteiger partial charge in [0, 0.05) is 11.3 Å². The topological polar surface area (TPSA) is 56.0 Å². The Hall–Kier alpha value is -1.62. The van der Waals surface area contributed by atoms with Crippen molar-refractivity contribution in [3.63, 3.8) is 0 Å². The van der Waals surface area contributed by atoms with Gasteiger partial charge in [0.15, 0.2) is 5.78 Å². The number of hydrogen-bond acceptors (Lipinski definition) is 5. The Kier molecular flexibility index (Phi) is 3.38. The molecule has 1 atom stereocenters. The third-order valence-electron chi connectivity index (χ3n) is 3.28. The van der Waals surface area contributed by atoms with Gasteiger partial charge in [-0.05, 0) is 12.0 Å². The van der Waals surface area contributed by atoms with Gasteiger partial charge in [0.25, 0.3) is 0 Å². The minimum absolute atomic E-state index is 0.182. The van der Waals surface area contributed by atoms with Crippen molar-refractivity contribution in [2.75, 3.05) is 11.5 Å². The molecule has 1 unspecified atom stereocenters. The van der Waals surface area contributed by atoms with Crippen LogP contribution in [-0.2, 0) is 11.2 Å². The zero-order valence-electron chi connectivity index (χ0n) is 10.6. The van der Waals surface area contributed by atoms with E-state index in [1.54, 1.807) is 11.8 Å². The largest absolute Gasteiger partial charge is 0.338 e. The second-order valence-electron chi connectivity index (χ2n) is 4.54. The number of rotatable bonds is 3. The predicted octanol–water partition coefficient (Wildman–Crippen LogP) is 2.70. The molecule has 1 saturated heterocycles. The van der Waals surface area contributed by atoms with Gasteiger partial charge in [-0.2, -0.15) is 16.7 Å². The summed E-state index contributed by atoms with van der Waals surface area (Å²) in [5.41, 5.74) is 2.19. The second-order valence-corrected chi connectivity index (χ2v) is 5.57. The summed E-state index contributed by atoms with van der Waals surface area (Å²) < 4.78 is 5.23. The molecule has 98 valence electrons. The van der Waals surface area contributed by atoms with E-state index in [0.29, 0.717) is 17.5 Å². The number of ketones is 1. The third kappa shape index (κ3) is 2.42. The zero-order valence-corrected chi connectivity index (χ0v) is 11.4. The van der Waals surface area contributed by atoms with E-state index >= 15 is 0 Å². The number of thioether (sulfide) groups is 1. The van der Waals surface area contributed by atoms with Gasteiger partial charge in [0.05, 0.1) is 5.75 Å². The summed E-state index contributed by atoms with van der Waals surface area (Å²) in [5.74, 6) is 2.26. The van der Waals surface area contributed by atoms with Gasteiger partial charge >= 0.3 is 0 Å². The molecule has 0 bridgehead atoms. The van der Waals surface area contributed by atoms with Crippen molar-refractivity contribution in [3.8, 4) is 11.4 Å². The van der Waals surface area contributed by atoms with E-state index in [1.807, 2.05) is 12.1 Å². The normalized spacial score (nSPS) is 19.0. The summed E-state index contributed by atoms with van der Waals surface area (Å²) in [6, 6.07) is 8.08. The Balaban J connectivity index is 1.85. The van der Waals surface area contributed by atoms with Crippen LogP contribution in [0.1, 0.15) is 24.3 Å². The minimum atomic E-state index is -0.221. The fourth-order valence-corrected chi connectivity index (χ4v) is 3.15. The Bertz CT molecular complexity index is 592. The summed E-state index contributed by atoms with van der Waals surface area (Å²) in [7, 11) is 0. The molecule has 2 aromatic rings. The van der Waals surface area contributed by atoms with E-state index in [1.165, 1.54) is 5.56 Å². The number of aryl methyl sites for hydroxylation is 1. The van der Waals surface area contributed by atoms with Crippen LogP contribution in [0.25, 0.3) is 11.4 Å². The highest BCUT2D eigenvalue weighted by Gasteiger charge is 2.31. The van der Waals surface area contributed by atoms with Crippen LogP contribution in [0.5, 0.6) is 0 Å². The number of nitrogens with zero attached hydrogens (tertiary/aromatic N) is 2. The van der Waals surface area contributed by atoms with Crippen molar-refractivity contribution in [2.24, 2.45) is 0 Å². The molecule has 1 fully saturated rings. The first-order valence-electron chi connectivity index (χ1n) is 6.31. The fourth-order valence-electron chi connectivity index (χ4n) is 2.06. The molecule has 1 aliphatic rings. The highest BCUT2D eigenvalue weighted by Crippen LogP contribution is 2.29.